The van der Waals surface area contributed by atoms with Gasteiger partial charge in [0.05, 0.1) is 13.0 Å². The van der Waals surface area contributed by atoms with Crippen LogP contribution in [0, 0.1) is 11.8 Å². The summed E-state index contributed by atoms with van der Waals surface area (Å²) >= 11 is 0. The van der Waals surface area contributed by atoms with E-state index in [0.717, 1.165) is 11.3 Å². The number of ether oxygens (including phenoxy) is 1. The molecule has 1 N–H and O–H groups in total. The lowest BCUT2D eigenvalue weighted by atomic mass is 9.88. The number of rotatable bonds is 6. The zero-order valence-electron chi connectivity index (χ0n) is 10.2. The Kier molecular flexibility index (Phi) is 4.76. The molecule has 2 atom stereocenters. The Morgan fingerprint density at radius 1 is 1.53 bits per heavy atom. The van der Waals surface area contributed by atoms with E-state index in [2.05, 4.69) is 6.58 Å². The van der Waals surface area contributed by atoms with Crippen LogP contribution in [0.15, 0.2) is 36.9 Å². The second-order valence-corrected chi connectivity index (χ2v) is 4.06. The molecule has 1 aromatic rings. The zero-order valence-corrected chi connectivity index (χ0v) is 10.2. The molecule has 0 radical (unpaired) electrons. The molecule has 0 aromatic heterocycles. The fraction of sp³-hybridized carbons (Fsp3) is 0.357. The van der Waals surface area contributed by atoms with Gasteiger partial charge in [0, 0.05) is 0 Å². The smallest absolute Gasteiger partial charge is 0.307 e. The fourth-order valence-electron chi connectivity index (χ4n) is 1.77. The number of methoxy groups -OCH3 is 1. The number of carboxylic acids is 1. The normalized spacial score (nSPS) is 13.8. The second kappa shape index (κ2) is 6.09. The molecular weight excluding hydrogens is 216 g/mol. The van der Waals surface area contributed by atoms with Crippen LogP contribution >= 0.6 is 0 Å². The fourth-order valence-corrected chi connectivity index (χ4v) is 1.77. The van der Waals surface area contributed by atoms with Gasteiger partial charge in [-0.1, -0.05) is 31.2 Å². The van der Waals surface area contributed by atoms with Gasteiger partial charge in [0.25, 0.3) is 0 Å². The summed E-state index contributed by atoms with van der Waals surface area (Å²) in [6.07, 6.45) is 2.13. The first-order chi connectivity index (χ1) is 8.10. The third-order valence-electron chi connectivity index (χ3n) is 2.96. The quantitative estimate of drug-likeness (QED) is 0.770. The largest absolute Gasteiger partial charge is 0.496 e. The molecule has 3 nitrogen and oxygen atoms in total. The molecule has 0 aliphatic carbocycles. The van der Waals surface area contributed by atoms with Crippen molar-refractivity contribution < 1.29 is 14.6 Å². The van der Waals surface area contributed by atoms with Gasteiger partial charge in [-0.15, -0.1) is 6.58 Å². The summed E-state index contributed by atoms with van der Waals surface area (Å²) in [6, 6.07) is 7.49. The van der Waals surface area contributed by atoms with Crippen LogP contribution in [0.1, 0.15) is 12.5 Å². The first-order valence-corrected chi connectivity index (χ1v) is 5.57. The van der Waals surface area contributed by atoms with Crippen molar-refractivity contribution in [3.63, 3.8) is 0 Å². The molecule has 1 rings (SSSR count). The van der Waals surface area contributed by atoms with E-state index >= 15 is 0 Å². The molecular formula is C14H18O3. The highest BCUT2D eigenvalue weighted by Gasteiger charge is 2.24. The van der Waals surface area contributed by atoms with Gasteiger partial charge in [0.1, 0.15) is 5.75 Å². The molecule has 92 valence electrons. The number of aliphatic carboxylic acids is 1. The van der Waals surface area contributed by atoms with Gasteiger partial charge in [-0.05, 0) is 24.0 Å². The average Bonchev–Trinajstić information content (AvgIpc) is 2.35. The second-order valence-electron chi connectivity index (χ2n) is 4.06. The molecule has 0 saturated heterocycles. The maximum Gasteiger partial charge on any atom is 0.307 e. The summed E-state index contributed by atoms with van der Waals surface area (Å²) in [5.74, 6) is -0.612. The van der Waals surface area contributed by atoms with E-state index in [1.165, 1.54) is 0 Å². The van der Waals surface area contributed by atoms with Crippen LogP contribution < -0.4 is 4.74 Å². The summed E-state index contributed by atoms with van der Waals surface area (Å²) in [7, 11) is 1.59. The van der Waals surface area contributed by atoms with E-state index in [1.54, 1.807) is 13.2 Å². The van der Waals surface area contributed by atoms with Gasteiger partial charge in [-0.3, -0.25) is 4.79 Å². The summed E-state index contributed by atoms with van der Waals surface area (Å²) in [4.78, 5) is 11.2. The summed E-state index contributed by atoms with van der Waals surface area (Å²) in [6.45, 7) is 5.52. The highest BCUT2D eigenvalue weighted by Crippen LogP contribution is 2.25. The Hall–Kier alpha value is -1.77. The highest BCUT2D eigenvalue weighted by atomic mass is 16.5. The van der Waals surface area contributed by atoms with Gasteiger partial charge in [0.2, 0.25) is 0 Å². The average molecular weight is 234 g/mol. The van der Waals surface area contributed by atoms with E-state index in [1.807, 2.05) is 31.2 Å². The third kappa shape index (κ3) is 3.34. The SMILES string of the molecule is C=CC(C)C(Cc1ccccc1OC)C(=O)O. The molecule has 1 aromatic carbocycles. The van der Waals surface area contributed by atoms with Crippen molar-refractivity contribution in [1.29, 1.82) is 0 Å². The minimum absolute atomic E-state index is 0.0718. The Bertz CT molecular complexity index is 398. The van der Waals surface area contributed by atoms with Gasteiger partial charge in [0.15, 0.2) is 0 Å². The molecule has 0 bridgehead atoms. The molecule has 0 fully saturated rings. The lowest BCUT2D eigenvalue weighted by Crippen LogP contribution is -2.22. The monoisotopic (exact) mass is 234 g/mol. The first-order valence-electron chi connectivity index (χ1n) is 5.57. The minimum atomic E-state index is -0.802. The summed E-state index contributed by atoms with van der Waals surface area (Å²) in [5.41, 5.74) is 0.913. The molecule has 3 heteroatoms. The Morgan fingerprint density at radius 3 is 2.71 bits per heavy atom. The third-order valence-corrected chi connectivity index (χ3v) is 2.96. The van der Waals surface area contributed by atoms with Crippen molar-refractivity contribution in [2.24, 2.45) is 11.8 Å². The predicted molar refractivity (Wildman–Crippen MR) is 67.2 cm³/mol. The maximum absolute atomic E-state index is 11.2. The Morgan fingerprint density at radius 2 is 2.18 bits per heavy atom. The maximum atomic E-state index is 11.2. The van der Waals surface area contributed by atoms with E-state index in [4.69, 9.17) is 4.74 Å². The van der Waals surface area contributed by atoms with Crippen LogP contribution in [0.5, 0.6) is 5.75 Å². The number of para-hydroxylation sites is 1. The number of benzene rings is 1. The van der Waals surface area contributed by atoms with Gasteiger partial charge in [-0.2, -0.15) is 0 Å². The van der Waals surface area contributed by atoms with E-state index in [0.29, 0.717) is 6.42 Å². The number of allylic oxidation sites excluding steroid dienone is 1. The predicted octanol–water partition coefficient (Wildman–Crippen LogP) is 2.76. The van der Waals surface area contributed by atoms with Gasteiger partial charge in [-0.25, -0.2) is 0 Å². The van der Waals surface area contributed by atoms with Crippen LogP contribution in [0.2, 0.25) is 0 Å². The van der Waals surface area contributed by atoms with Crippen LogP contribution in [0.3, 0.4) is 0 Å². The molecule has 0 heterocycles. The number of carbonyl (C=O) groups is 1. The summed E-state index contributed by atoms with van der Waals surface area (Å²) in [5, 5.41) is 9.21. The molecule has 0 amide bonds. The van der Waals surface area contributed by atoms with Crippen molar-refractivity contribution in [2.45, 2.75) is 13.3 Å². The van der Waals surface area contributed by atoms with Crippen LogP contribution in [-0.2, 0) is 11.2 Å². The van der Waals surface area contributed by atoms with Crippen molar-refractivity contribution in [1.82, 2.24) is 0 Å². The lowest BCUT2D eigenvalue weighted by molar-refractivity contribution is -0.142. The molecule has 0 aliphatic heterocycles. The molecule has 17 heavy (non-hydrogen) atoms. The van der Waals surface area contributed by atoms with Crippen molar-refractivity contribution >= 4 is 5.97 Å². The molecule has 0 saturated carbocycles. The Balaban J connectivity index is 2.93. The lowest BCUT2D eigenvalue weighted by Gasteiger charge is -2.18. The standard InChI is InChI=1S/C14H18O3/c1-4-10(2)12(14(15)16)9-11-7-5-6-8-13(11)17-3/h4-8,10,12H,1,9H2,2-3H3,(H,15,16). The minimum Gasteiger partial charge on any atom is -0.496 e. The van der Waals surface area contributed by atoms with Crippen molar-refractivity contribution in [3.05, 3.63) is 42.5 Å². The van der Waals surface area contributed by atoms with Gasteiger partial charge >= 0.3 is 5.97 Å². The van der Waals surface area contributed by atoms with Crippen LogP contribution in [-0.4, -0.2) is 18.2 Å². The number of hydrogen-bond acceptors (Lipinski definition) is 2. The molecule has 2 unspecified atom stereocenters. The summed E-state index contributed by atoms with van der Waals surface area (Å²) < 4.78 is 5.22. The topological polar surface area (TPSA) is 46.5 Å². The van der Waals surface area contributed by atoms with E-state index in [9.17, 15) is 9.90 Å². The Labute approximate surface area is 102 Å². The van der Waals surface area contributed by atoms with Crippen molar-refractivity contribution in [3.8, 4) is 5.75 Å². The van der Waals surface area contributed by atoms with E-state index in [-0.39, 0.29) is 5.92 Å². The van der Waals surface area contributed by atoms with Gasteiger partial charge < -0.3 is 9.84 Å². The first kappa shape index (κ1) is 13.3. The van der Waals surface area contributed by atoms with Crippen LogP contribution in [0.25, 0.3) is 0 Å². The zero-order chi connectivity index (χ0) is 12.8. The highest BCUT2D eigenvalue weighted by molar-refractivity contribution is 5.71. The van der Waals surface area contributed by atoms with E-state index < -0.39 is 11.9 Å². The number of hydrogen-bond donors (Lipinski definition) is 1. The van der Waals surface area contributed by atoms with Crippen molar-refractivity contribution in [2.75, 3.05) is 7.11 Å². The van der Waals surface area contributed by atoms with Crippen LogP contribution in [0.4, 0.5) is 0 Å². The molecule has 0 aliphatic rings. The molecule has 0 spiro atoms. The number of carboxylic acid groups (broad SMARTS) is 1.